The highest BCUT2D eigenvalue weighted by atomic mass is 32.2. The maximum absolute atomic E-state index is 11.8. The van der Waals surface area contributed by atoms with Gasteiger partial charge in [-0.25, -0.2) is 13.1 Å². The van der Waals surface area contributed by atoms with E-state index in [4.69, 9.17) is 5.73 Å². The summed E-state index contributed by atoms with van der Waals surface area (Å²) in [7, 11) is -3.48. The zero-order valence-electron chi connectivity index (χ0n) is 10.3. The normalized spacial score (nSPS) is 11.5. The summed E-state index contributed by atoms with van der Waals surface area (Å²) in [5.41, 5.74) is 5.62. The first-order chi connectivity index (χ1) is 8.31. The molecule has 0 saturated heterocycles. The summed E-state index contributed by atoms with van der Waals surface area (Å²) in [6.45, 7) is 3.51. The second kappa shape index (κ2) is 5.83. The van der Waals surface area contributed by atoms with Crippen LogP contribution in [-0.4, -0.2) is 26.9 Å². The molecule has 18 heavy (non-hydrogen) atoms. The summed E-state index contributed by atoms with van der Waals surface area (Å²) in [5, 5.41) is 2.77. The maximum Gasteiger partial charge on any atom is 0.240 e. The van der Waals surface area contributed by atoms with Gasteiger partial charge in [0.2, 0.25) is 15.9 Å². The summed E-state index contributed by atoms with van der Waals surface area (Å²) in [5.74, 6) is -0.479. The lowest BCUT2D eigenvalue weighted by Crippen LogP contribution is -2.30. The first kappa shape index (κ1) is 14.5. The Morgan fingerprint density at radius 3 is 2.28 bits per heavy atom. The quantitative estimate of drug-likeness (QED) is 0.691. The van der Waals surface area contributed by atoms with Crippen LogP contribution in [0.25, 0.3) is 0 Å². The van der Waals surface area contributed by atoms with Crippen molar-refractivity contribution in [3.63, 3.8) is 0 Å². The summed E-state index contributed by atoms with van der Waals surface area (Å²) < 4.78 is 26.1. The highest BCUT2D eigenvalue weighted by Crippen LogP contribution is 2.14. The summed E-state index contributed by atoms with van der Waals surface area (Å²) in [6, 6.07) is 5.93. The number of hydrogen-bond donors (Lipinski definition) is 3. The lowest BCUT2D eigenvalue weighted by molar-refractivity contribution is -0.116. The number of nitrogens with one attached hydrogen (secondary N) is 2. The van der Waals surface area contributed by atoms with Gasteiger partial charge in [-0.15, -0.1) is 0 Å². The van der Waals surface area contributed by atoms with Crippen LogP contribution in [-0.2, 0) is 14.8 Å². The van der Waals surface area contributed by atoms with E-state index in [1.54, 1.807) is 26.0 Å². The molecule has 7 heteroatoms. The number of carbonyl (C=O) groups excluding carboxylic acids is 1. The number of nitrogens with two attached hydrogens (primary N) is 1. The van der Waals surface area contributed by atoms with Crippen LogP contribution < -0.4 is 15.8 Å². The van der Waals surface area contributed by atoms with E-state index in [1.165, 1.54) is 12.1 Å². The van der Waals surface area contributed by atoms with Crippen molar-refractivity contribution in [2.45, 2.75) is 24.8 Å². The monoisotopic (exact) mass is 271 g/mol. The van der Waals surface area contributed by atoms with Crippen molar-refractivity contribution in [3.8, 4) is 0 Å². The Labute approximate surface area is 107 Å². The molecule has 0 aliphatic rings. The van der Waals surface area contributed by atoms with Crippen LogP contribution in [0.2, 0.25) is 0 Å². The first-order valence-corrected chi connectivity index (χ1v) is 6.94. The Hall–Kier alpha value is -1.60. The number of anilines is 1. The van der Waals surface area contributed by atoms with Gasteiger partial charge >= 0.3 is 0 Å². The number of amides is 1. The van der Waals surface area contributed by atoms with Crippen molar-refractivity contribution >= 4 is 21.6 Å². The van der Waals surface area contributed by atoms with Crippen LogP contribution in [0.15, 0.2) is 29.2 Å². The van der Waals surface area contributed by atoms with E-state index in [0.717, 1.165) is 0 Å². The van der Waals surface area contributed by atoms with Gasteiger partial charge in [0.15, 0.2) is 0 Å². The van der Waals surface area contributed by atoms with E-state index in [1.807, 2.05) is 0 Å². The maximum atomic E-state index is 11.8. The minimum atomic E-state index is -3.48. The third-order valence-corrected chi connectivity index (χ3v) is 3.70. The fourth-order valence-electron chi connectivity index (χ4n) is 1.32. The third-order valence-electron chi connectivity index (χ3n) is 2.02. The van der Waals surface area contributed by atoms with Crippen LogP contribution in [0, 0.1) is 0 Å². The van der Waals surface area contributed by atoms with Gasteiger partial charge in [-0.3, -0.25) is 4.79 Å². The Morgan fingerprint density at radius 1 is 1.28 bits per heavy atom. The Morgan fingerprint density at radius 2 is 1.83 bits per heavy atom. The van der Waals surface area contributed by atoms with Gasteiger partial charge in [-0.1, -0.05) is 0 Å². The number of benzene rings is 1. The molecule has 1 aromatic rings. The standard InChI is InChI=1S/C11H17N3O3S/c1-8(2)14-18(16,17)10-5-3-9(4-6-10)13-7-11(12)15/h3-6,8,13-14H,7H2,1-2H3,(H2,12,15). The molecule has 0 fully saturated rings. The molecule has 1 aromatic carbocycles. The minimum Gasteiger partial charge on any atom is -0.376 e. The van der Waals surface area contributed by atoms with Crippen LogP contribution in [0.5, 0.6) is 0 Å². The van der Waals surface area contributed by atoms with Crippen LogP contribution in [0.4, 0.5) is 5.69 Å². The zero-order chi connectivity index (χ0) is 13.8. The fraction of sp³-hybridized carbons (Fsp3) is 0.364. The Kier molecular flexibility index (Phi) is 4.69. The average Bonchev–Trinajstić information content (AvgIpc) is 2.25. The van der Waals surface area contributed by atoms with Gasteiger partial charge in [-0.2, -0.15) is 0 Å². The highest BCUT2D eigenvalue weighted by Gasteiger charge is 2.14. The highest BCUT2D eigenvalue weighted by molar-refractivity contribution is 7.89. The molecule has 0 aromatic heterocycles. The second-order valence-electron chi connectivity index (χ2n) is 4.12. The molecular weight excluding hydrogens is 254 g/mol. The smallest absolute Gasteiger partial charge is 0.240 e. The number of carbonyl (C=O) groups is 1. The molecule has 0 unspecified atom stereocenters. The van der Waals surface area contributed by atoms with Gasteiger partial charge in [-0.05, 0) is 38.1 Å². The van der Waals surface area contributed by atoms with E-state index in [9.17, 15) is 13.2 Å². The number of rotatable bonds is 6. The Bertz CT molecular complexity index is 509. The lowest BCUT2D eigenvalue weighted by Gasteiger charge is -2.10. The van der Waals surface area contributed by atoms with Crippen LogP contribution in [0.1, 0.15) is 13.8 Å². The molecule has 0 aliphatic heterocycles. The van der Waals surface area contributed by atoms with Crippen molar-refractivity contribution in [3.05, 3.63) is 24.3 Å². The molecule has 0 atom stereocenters. The molecule has 1 rings (SSSR count). The van der Waals surface area contributed by atoms with Crippen molar-refractivity contribution in [1.29, 1.82) is 0 Å². The van der Waals surface area contributed by atoms with Gasteiger partial charge in [0.05, 0.1) is 11.4 Å². The second-order valence-corrected chi connectivity index (χ2v) is 5.83. The van der Waals surface area contributed by atoms with E-state index in [0.29, 0.717) is 5.69 Å². The molecule has 0 heterocycles. The van der Waals surface area contributed by atoms with Crippen molar-refractivity contribution < 1.29 is 13.2 Å². The molecular formula is C11H17N3O3S. The first-order valence-electron chi connectivity index (χ1n) is 5.46. The number of primary amides is 1. The minimum absolute atomic E-state index is 0.0103. The molecule has 0 radical (unpaired) electrons. The molecule has 1 amide bonds. The fourth-order valence-corrected chi connectivity index (χ4v) is 2.57. The van der Waals surface area contributed by atoms with Gasteiger partial charge in [0.1, 0.15) is 0 Å². The molecule has 100 valence electrons. The van der Waals surface area contributed by atoms with Crippen LogP contribution >= 0.6 is 0 Å². The molecule has 6 nitrogen and oxygen atoms in total. The van der Waals surface area contributed by atoms with Gasteiger partial charge in [0.25, 0.3) is 0 Å². The molecule has 0 aliphatic carbocycles. The molecule has 4 N–H and O–H groups in total. The van der Waals surface area contributed by atoms with E-state index in [2.05, 4.69) is 10.0 Å². The van der Waals surface area contributed by atoms with E-state index in [-0.39, 0.29) is 17.5 Å². The SMILES string of the molecule is CC(C)NS(=O)(=O)c1ccc(NCC(N)=O)cc1. The average molecular weight is 271 g/mol. The molecule has 0 saturated carbocycles. The Balaban J connectivity index is 2.79. The lowest BCUT2D eigenvalue weighted by atomic mass is 10.3. The van der Waals surface area contributed by atoms with Crippen molar-refractivity contribution in [2.24, 2.45) is 5.73 Å². The van der Waals surface area contributed by atoms with Crippen LogP contribution in [0.3, 0.4) is 0 Å². The summed E-state index contributed by atoms with van der Waals surface area (Å²) in [4.78, 5) is 10.8. The third kappa shape index (κ3) is 4.34. The predicted molar refractivity (Wildman–Crippen MR) is 69.6 cm³/mol. The van der Waals surface area contributed by atoms with Gasteiger partial charge in [0, 0.05) is 11.7 Å². The summed E-state index contributed by atoms with van der Waals surface area (Å²) in [6.07, 6.45) is 0. The number of sulfonamides is 1. The van der Waals surface area contributed by atoms with Gasteiger partial charge < -0.3 is 11.1 Å². The summed E-state index contributed by atoms with van der Waals surface area (Å²) >= 11 is 0. The zero-order valence-corrected chi connectivity index (χ0v) is 11.1. The van der Waals surface area contributed by atoms with E-state index < -0.39 is 15.9 Å². The van der Waals surface area contributed by atoms with E-state index >= 15 is 0 Å². The van der Waals surface area contributed by atoms with Crippen molar-refractivity contribution in [2.75, 3.05) is 11.9 Å². The molecule has 0 bridgehead atoms. The molecule has 0 spiro atoms. The largest absolute Gasteiger partial charge is 0.376 e. The van der Waals surface area contributed by atoms with Crippen molar-refractivity contribution in [1.82, 2.24) is 4.72 Å². The number of hydrogen-bond acceptors (Lipinski definition) is 4. The predicted octanol–water partition coefficient (Wildman–Crippen LogP) is 0.271. The topological polar surface area (TPSA) is 101 Å².